The van der Waals surface area contributed by atoms with Crippen LogP contribution in [0.3, 0.4) is 0 Å². The Balaban J connectivity index is 2.71. The van der Waals surface area contributed by atoms with Gasteiger partial charge in [0.15, 0.2) is 0 Å². The molecule has 0 aromatic carbocycles. The van der Waals surface area contributed by atoms with Crippen molar-refractivity contribution in [3.63, 3.8) is 0 Å². The molecule has 1 aromatic rings. The number of nitrogens with one attached hydrogen (secondary N) is 1. The van der Waals surface area contributed by atoms with Crippen molar-refractivity contribution in [2.45, 2.75) is 20.3 Å². The number of amides is 1. The van der Waals surface area contributed by atoms with Crippen molar-refractivity contribution in [1.82, 2.24) is 0 Å². The van der Waals surface area contributed by atoms with Crippen molar-refractivity contribution in [1.29, 1.82) is 0 Å². The Morgan fingerprint density at radius 3 is 2.92 bits per heavy atom. The molecule has 4 heteroatoms. The van der Waals surface area contributed by atoms with Crippen LogP contribution in [0.25, 0.3) is 0 Å². The molecule has 0 unspecified atom stereocenters. The molecule has 0 aliphatic heterocycles. The summed E-state index contributed by atoms with van der Waals surface area (Å²) in [5.41, 5.74) is 1.09. The molecule has 0 atom stereocenters. The fraction of sp³-hybridized carbons (Fsp3) is 0.444. The third kappa shape index (κ3) is 3.06. The van der Waals surface area contributed by atoms with Gasteiger partial charge in [0.2, 0.25) is 0 Å². The standard InChI is InChI=1S/C9H13NO2S/c1-6(2)5-7-3-4-13-8(7)10-9(11)12/h3-4,6,10H,5H2,1-2H3,(H,11,12). The van der Waals surface area contributed by atoms with E-state index in [9.17, 15) is 4.79 Å². The van der Waals surface area contributed by atoms with E-state index >= 15 is 0 Å². The normalized spacial score (nSPS) is 10.4. The lowest BCUT2D eigenvalue weighted by Gasteiger charge is -2.05. The van der Waals surface area contributed by atoms with Crippen molar-refractivity contribution < 1.29 is 9.90 Å². The van der Waals surface area contributed by atoms with Crippen LogP contribution in [0.2, 0.25) is 0 Å². The highest BCUT2D eigenvalue weighted by Gasteiger charge is 2.07. The summed E-state index contributed by atoms with van der Waals surface area (Å²) >= 11 is 1.43. The fourth-order valence-corrected chi connectivity index (χ4v) is 1.96. The van der Waals surface area contributed by atoms with Gasteiger partial charge in [-0.2, -0.15) is 0 Å². The summed E-state index contributed by atoms with van der Waals surface area (Å²) in [4.78, 5) is 10.4. The molecular formula is C9H13NO2S. The second kappa shape index (κ2) is 4.28. The third-order valence-corrected chi connectivity index (χ3v) is 2.47. The number of carboxylic acid groups (broad SMARTS) is 1. The molecule has 0 saturated heterocycles. The molecule has 1 aromatic heterocycles. The summed E-state index contributed by atoms with van der Waals surface area (Å²) in [5.74, 6) is 0.545. The van der Waals surface area contributed by atoms with Gasteiger partial charge < -0.3 is 5.11 Å². The Hall–Kier alpha value is -1.03. The Kier molecular flexibility index (Phi) is 3.31. The molecule has 1 heterocycles. The second-order valence-electron chi connectivity index (χ2n) is 3.30. The molecule has 0 fully saturated rings. The van der Waals surface area contributed by atoms with Crippen LogP contribution in [0, 0.1) is 5.92 Å². The topological polar surface area (TPSA) is 49.3 Å². The van der Waals surface area contributed by atoms with E-state index in [0.29, 0.717) is 5.92 Å². The first kappa shape index (κ1) is 10.1. The zero-order valence-electron chi connectivity index (χ0n) is 7.70. The van der Waals surface area contributed by atoms with Crippen molar-refractivity contribution in [3.8, 4) is 0 Å². The number of hydrogen-bond donors (Lipinski definition) is 2. The highest BCUT2D eigenvalue weighted by Crippen LogP contribution is 2.25. The van der Waals surface area contributed by atoms with E-state index < -0.39 is 6.09 Å². The Morgan fingerprint density at radius 2 is 2.38 bits per heavy atom. The van der Waals surface area contributed by atoms with Crippen molar-refractivity contribution in [2.75, 3.05) is 5.32 Å². The van der Waals surface area contributed by atoms with E-state index in [-0.39, 0.29) is 0 Å². The quantitative estimate of drug-likeness (QED) is 0.786. The summed E-state index contributed by atoms with van der Waals surface area (Å²) < 4.78 is 0. The van der Waals surface area contributed by atoms with E-state index in [1.165, 1.54) is 11.3 Å². The van der Waals surface area contributed by atoms with E-state index in [0.717, 1.165) is 17.0 Å². The summed E-state index contributed by atoms with van der Waals surface area (Å²) in [6.45, 7) is 4.23. The second-order valence-corrected chi connectivity index (χ2v) is 4.22. The monoisotopic (exact) mass is 199 g/mol. The van der Waals surface area contributed by atoms with Crippen LogP contribution in [-0.4, -0.2) is 11.2 Å². The molecule has 0 saturated carbocycles. The van der Waals surface area contributed by atoms with Gasteiger partial charge in [-0.25, -0.2) is 4.79 Å². The number of rotatable bonds is 3. The van der Waals surface area contributed by atoms with Gasteiger partial charge in [0.1, 0.15) is 5.00 Å². The fourth-order valence-electron chi connectivity index (χ4n) is 1.14. The van der Waals surface area contributed by atoms with Gasteiger partial charge in [0.05, 0.1) is 0 Å². The molecule has 72 valence electrons. The van der Waals surface area contributed by atoms with Gasteiger partial charge in [-0.05, 0) is 29.3 Å². The number of anilines is 1. The van der Waals surface area contributed by atoms with Crippen molar-refractivity contribution >= 4 is 22.4 Å². The molecule has 2 N–H and O–H groups in total. The maximum Gasteiger partial charge on any atom is 0.409 e. The number of carbonyl (C=O) groups is 1. The highest BCUT2D eigenvalue weighted by molar-refractivity contribution is 7.14. The molecule has 0 aliphatic rings. The third-order valence-electron chi connectivity index (χ3n) is 1.60. The molecule has 1 rings (SSSR count). The van der Waals surface area contributed by atoms with Gasteiger partial charge in [0, 0.05) is 0 Å². The largest absolute Gasteiger partial charge is 0.465 e. The molecule has 0 spiro atoms. The zero-order chi connectivity index (χ0) is 9.84. The van der Waals surface area contributed by atoms with E-state index in [1.54, 1.807) is 0 Å². The minimum Gasteiger partial charge on any atom is -0.465 e. The maximum absolute atomic E-state index is 10.4. The summed E-state index contributed by atoms with van der Waals surface area (Å²) in [6.07, 6.45) is -0.0773. The maximum atomic E-state index is 10.4. The SMILES string of the molecule is CC(C)Cc1ccsc1NC(=O)O. The van der Waals surface area contributed by atoms with Gasteiger partial charge in [-0.1, -0.05) is 13.8 Å². The molecule has 0 radical (unpaired) electrons. The molecule has 0 bridgehead atoms. The van der Waals surface area contributed by atoms with Crippen LogP contribution in [0.5, 0.6) is 0 Å². The smallest absolute Gasteiger partial charge is 0.409 e. The molecule has 3 nitrogen and oxygen atoms in total. The zero-order valence-corrected chi connectivity index (χ0v) is 8.52. The van der Waals surface area contributed by atoms with Crippen molar-refractivity contribution in [2.24, 2.45) is 5.92 Å². The Morgan fingerprint density at radius 1 is 1.69 bits per heavy atom. The van der Waals surface area contributed by atoms with E-state index in [1.807, 2.05) is 11.4 Å². The van der Waals surface area contributed by atoms with Crippen molar-refractivity contribution in [3.05, 3.63) is 17.0 Å². The van der Waals surface area contributed by atoms with Gasteiger partial charge in [0.25, 0.3) is 0 Å². The van der Waals surface area contributed by atoms with Crippen LogP contribution < -0.4 is 5.32 Å². The lowest BCUT2D eigenvalue weighted by Crippen LogP contribution is -2.08. The number of hydrogen-bond acceptors (Lipinski definition) is 2. The lowest BCUT2D eigenvalue weighted by atomic mass is 10.1. The predicted octanol–water partition coefficient (Wildman–Crippen LogP) is 3.04. The first-order valence-electron chi connectivity index (χ1n) is 4.16. The van der Waals surface area contributed by atoms with Gasteiger partial charge in [-0.15, -0.1) is 11.3 Å². The summed E-state index contributed by atoms with van der Waals surface area (Å²) in [5, 5.41) is 13.6. The van der Waals surface area contributed by atoms with Crippen LogP contribution in [0.4, 0.5) is 9.80 Å². The first-order chi connectivity index (χ1) is 6.09. The van der Waals surface area contributed by atoms with Gasteiger partial charge >= 0.3 is 6.09 Å². The van der Waals surface area contributed by atoms with Gasteiger partial charge in [-0.3, -0.25) is 5.32 Å². The Bertz CT molecular complexity index is 294. The van der Waals surface area contributed by atoms with E-state index in [2.05, 4.69) is 19.2 Å². The molecule has 13 heavy (non-hydrogen) atoms. The lowest BCUT2D eigenvalue weighted by molar-refractivity contribution is 0.210. The number of thiophene rings is 1. The summed E-state index contributed by atoms with van der Waals surface area (Å²) in [6, 6.07) is 1.97. The molecule has 1 amide bonds. The van der Waals surface area contributed by atoms with Crippen LogP contribution in [0.1, 0.15) is 19.4 Å². The average molecular weight is 199 g/mol. The van der Waals surface area contributed by atoms with Crippen LogP contribution in [0.15, 0.2) is 11.4 Å². The predicted molar refractivity (Wildman–Crippen MR) is 54.5 cm³/mol. The first-order valence-corrected chi connectivity index (χ1v) is 5.04. The van der Waals surface area contributed by atoms with Crippen LogP contribution in [-0.2, 0) is 6.42 Å². The molecule has 0 aliphatic carbocycles. The highest BCUT2D eigenvalue weighted by atomic mass is 32.1. The Labute approximate surface area is 81.4 Å². The average Bonchev–Trinajstić information content (AvgIpc) is 2.34. The molecular weight excluding hydrogens is 186 g/mol. The van der Waals surface area contributed by atoms with Crippen LogP contribution >= 0.6 is 11.3 Å². The minimum atomic E-state index is -0.993. The minimum absolute atomic E-state index is 0.545. The summed E-state index contributed by atoms with van der Waals surface area (Å²) in [7, 11) is 0. The van der Waals surface area contributed by atoms with E-state index in [4.69, 9.17) is 5.11 Å².